The Morgan fingerprint density at radius 3 is 2.96 bits per heavy atom. The van der Waals surface area contributed by atoms with Gasteiger partial charge in [0.1, 0.15) is 11.3 Å². The highest BCUT2D eigenvalue weighted by Crippen LogP contribution is 2.26. The van der Waals surface area contributed by atoms with Crippen molar-refractivity contribution in [1.29, 1.82) is 0 Å². The summed E-state index contributed by atoms with van der Waals surface area (Å²) in [5, 5.41) is 11.9. The van der Waals surface area contributed by atoms with E-state index in [-0.39, 0.29) is 12.2 Å². The molecule has 28 heavy (non-hydrogen) atoms. The number of nitrogens with zero attached hydrogens (tertiary/aromatic N) is 5. The molecule has 6 nitrogen and oxygen atoms in total. The normalized spacial score (nSPS) is 11.3. The number of carbonyl (C=O) groups is 1. The van der Waals surface area contributed by atoms with E-state index in [9.17, 15) is 4.79 Å². The molecule has 0 N–H and O–H groups in total. The summed E-state index contributed by atoms with van der Waals surface area (Å²) in [6, 6.07) is 11.9. The summed E-state index contributed by atoms with van der Waals surface area (Å²) in [6.07, 6.45) is 5.59. The number of fused-ring (bicyclic) bond motifs is 2. The molecule has 0 saturated carbocycles. The number of hydrogen-bond acceptors (Lipinski definition) is 6. The van der Waals surface area contributed by atoms with E-state index in [4.69, 9.17) is 0 Å². The standard InChI is InChI=1S/C21H15N5OS/c1-13-11-28-20(24-13)9-19(27)17-8-16(10-26-12-23-25-21(17)26)14-4-5-18-15(7-14)3-2-6-22-18/h2-8,10-12H,9H2,1H3. The number of carbonyl (C=O) groups excluding carboxylic acids is 1. The summed E-state index contributed by atoms with van der Waals surface area (Å²) in [4.78, 5) is 21.8. The summed E-state index contributed by atoms with van der Waals surface area (Å²) in [7, 11) is 0. The minimum Gasteiger partial charge on any atom is -0.294 e. The third-order valence-electron chi connectivity index (χ3n) is 4.61. The molecule has 4 heterocycles. The molecule has 0 bridgehead atoms. The van der Waals surface area contributed by atoms with Crippen LogP contribution in [-0.4, -0.2) is 30.3 Å². The van der Waals surface area contributed by atoms with Crippen LogP contribution in [-0.2, 0) is 6.42 Å². The van der Waals surface area contributed by atoms with E-state index in [0.29, 0.717) is 11.2 Å². The van der Waals surface area contributed by atoms with Crippen molar-refractivity contribution in [3.63, 3.8) is 0 Å². The topological polar surface area (TPSA) is 73.0 Å². The highest BCUT2D eigenvalue weighted by Gasteiger charge is 2.17. The number of thiazole rings is 1. The van der Waals surface area contributed by atoms with E-state index in [1.165, 1.54) is 11.3 Å². The number of hydrogen-bond donors (Lipinski definition) is 0. The molecular weight excluding hydrogens is 370 g/mol. The lowest BCUT2D eigenvalue weighted by molar-refractivity contribution is 0.0994. The van der Waals surface area contributed by atoms with Crippen molar-refractivity contribution < 1.29 is 4.79 Å². The SMILES string of the molecule is Cc1csc(CC(=O)c2cc(-c3ccc4ncccc4c3)cn3cnnc23)n1. The van der Waals surface area contributed by atoms with Gasteiger partial charge in [0.05, 0.1) is 17.5 Å². The number of benzene rings is 1. The first-order valence-electron chi connectivity index (χ1n) is 8.80. The minimum absolute atomic E-state index is 0.0170. The first kappa shape index (κ1) is 16.7. The van der Waals surface area contributed by atoms with E-state index in [2.05, 4.69) is 26.2 Å². The third kappa shape index (κ3) is 2.95. The zero-order valence-corrected chi connectivity index (χ0v) is 15.8. The molecule has 7 heteroatoms. The molecule has 5 rings (SSSR count). The van der Waals surface area contributed by atoms with Gasteiger partial charge >= 0.3 is 0 Å². The molecule has 0 aliphatic rings. The van der Waals surface area contributed by atoms with Crippen molar-refractivity contribution >= 4 is 33.7 Å². The van der Waals surface area contributed by atoms with E-state index < -0.39 is 0 Å². The predicted octanol–water partition coefficient (Wildman–Crippen LogP) is 4.13. The van der Waals surface area contributed by atoms with Crippen molar-refractivity contribution in [3.05, 3.63) is 76.8 Å². The minimum atomic E-state index is -0.0170. The number of ketones is 1. The number of aryl methyl sites for hydroxylation is 1. The molecule has 0 fully saturated rings. The Kier molecular flexibility index (Phi) is 3.95. The Labute approximate surface area is 164 Å². The quantitative estimate of drug-likeness (QED) is 0.435. The molecule has 136 valence electrons. The Morgan fingerprint density at radius 2 is 2.11 bits per heavy atom. The van der Waals surface area contributed by atoms with Crippen LogP contribution in [0, 0.1) is 6.92 Å². The van der Waals surface area contributed by atoms with Gasteiger partial charge in [-0.1, -0.05) is 12.1 Å². The second-order valence-corrected chi connectivity index (χ2v) is 7.54. The molecule has 0 amide bonds. The maximum absolute atomic E-state index is 13.0. The molecular formula is C21H15N5OS. The zero-order chi connectivity index (χ0) is 19.1. The van der Waals surface area contributed by atoms with Crippen molar-refractivity contribution in [2.75, 3.05) is 0 Å². The van der Waals surface area contributed by atoms with E-state index in [0.717, 1.165) is 32.7 Å². The fraction of sp³-hybridized carbons (Fsp3) is 0.0952. The number of pyridine rings is 2. The van der Waals surface area contributed by atoms with Crippen LogP contribution in [0.5, 0.6) is 0 Å². The average molecular weight is 385 g/mol. The van der Waals surface area contributed by atoms with Gasteiger partial charge in [-0.25, -0.2) is 4.98 Å². The number of Topliss-reactive ketones (excluding diaryl/α,β-unsaturated/α-hetero) is 1. The van der Waals surface area contributed by atoms with E-state index in [1.807, 2.05) is 48.8 Å². The Balaban J connectivity index is 1.61. The summed E-state index contributed by atoms with van der Waals surface area (Å²) >= 11 is 1.50. The summed E-state index contributed by atoms with van der Waals surface area (Å²) < 4.78 is 1.79. The lowest BCUT2D eigenvalue weighted by atomic mass is 10.0. The smallest absolute Gasteiger partial charge is 0.173 e. The zero-order valence-electron chi connectivity index (χ0n) is 15.0. The van der Waals surface area contributed by atoms with E-state index >= 15 is 0 Å². The van der Waals surface area contributed by atoms with Crippen LogP contribution in [0.2, 0.25) is 0 Å². The lowest BCUT2D eigenvalue weighted by Crippen LogP contribution is -2.07. The van der Waals surface area contributed by atoms with E-state index in [1.54, 1.807) is 16.9 Å². The van der Waals surface area contributed by atoms with Crippen LogP contribution in [0.1, 0.15) is 21.1 Å². The summed E-state index contributed by atoms with van der Waals surface area (Å²) in [5.74, 6) is -0.0170. The van der Waals surface area contributed by atoms with Crippen LogP contribution in [0.3, 0.4) is 0 Å². The van der Waals surface area contributed by atoms with Gasteiger partial charge in [0, 0.05) is 28.9 Å². The van der Waals surface area contributed by atoms with Gasteiger partial charge in [-0.15, -0.1) is 21.5 Å². The lowest BCUT2D eigenvalue weighted by Gasteiger charge is -2.08. The molecule has 0 unspecified atom stereocenters. The van der Waals surface area contributed by atoms with Crippen LogP contribution in [0.25, 0.3) is 27.7 Å². The first-order valence-corrected chi connectivity index (χ1v) is 9.68. The van der Waals surface area contributed by atoms with Crippen LogP contribution in [0.4, 0.5) is 0 Å². The summed E-state index contributed by atoms with van der Waals surface area (Å²) in [6.45, 7) is 1.93. The average Bonchev–Trinajstić information content (AvgIpc) is 3.35. The summed E-state index contributed by atoms with van der Waals surface area (Å²) in [5.41, 5.74) is 4.91. The van der Waals surface area contributed by atoms with Crippen molar-refractivity contribution in [2.45, 2.75) is 13.3 Å². The van der Waals surface area contributed by atoms with Gasteiger partial charge < -0.3 is 0 Å². The van der Waals surface area contributed by atoms with Crippen LogP contribution < -0.4 is 0 Å². The van der Waals surface area contributed by atoms with Gasteiger partial charge in [-0.3, -0.25) is 14.2 Å². The molecule has 0 atom stereocenters. The van der Waals surface area contributed by atoms with Gasteiger partial charge in [0.15, 0.2) is 11.4 Å². The molecule has 0 radical (unpaired) electrons. The predicted molar refractivity (Wildman–Crippen MR) is 109 cm³/mol. The number of rotatable bonds is 4. The van der Waals surface area contributed by atoms with Crippen molar-refractivity contribution in [2.24, 2.45) is 0 Å². The maximum atomic E-state index is 13.0. The second-order valence-electron chi connectivity index (χ2n) is 6.60. The highest BCUT2D eigenvalue weighted by atomic mass is 32.1. The molecule has 5 aromatic rings. The monoisotopic (exact) mass is 385 g/mol. The molecule has 0 spiro atoms. The Hall–Kier alpha value is -3.45. The van der Waals surface area contributed by atoms with Gasteiger partial charge in [0.2, 0.25) is 0 Å². The van der Waals surface area contributed by atoms with Gasteiger partial charge in [0.25, 0.3) is 0 Å². The fourth-order valence-electron chi connectivity index (χ4n) is 3.27. The second kappa shape index (κ2) is 6.61. The van der Waals surface area contributed by atoms with Crippen molar-refractivity contribution in [3.8, 4) is 11.1 Å². The fourth-order valence-corrected chi connectivity index (χ4v) is 4.04. The molecule has 1 aromatic carbocycles. The van der Waals surface area contributed by atoms with Gasteiger partial charge in [-0.2, -0.15) is 0 Å². The highest BCUT2D eigenvalue weighted by molar-refractivity contribution is 7.09. The molecule has 0 saturated heterocycles. The largest absolute Gasteiger partial charge is 0.294 e. The van der Waals surface area contributed by atoms with Gasteiger partial charge in [-0.05, 0) is 42.3 Å². The number of aromatic nitrogens is 5. The Morgan fingerprint density at radius 1 is 1.18 bits per heavy atom. The van der Waals surface area contributed by atoms with Crippen LogP contribution >= 0.6 is 11.3 Å². The molecule has 4 aromatic heterocycles. The maximum Gasteiger partial charge on any atom is 0.173 e. The molecule has 0 aliphatic carbocycles. The third-order valence-corrected chi connectivity index (χ3v) is 5.57. The Bertz CT molecular complexity index is 1340. The van der Waals surface area contributed by atoms with Crippen molar-refractivity contribution in [1.82, 2.24) is 24.6 Å². The molecule has 0 aliphatic heterocycles. The van der Waals surface area contributed by atoms with Crippen LogP contribution in [0.15, 0.2) is 60.5 Å². The first-order chi connectivity index (χ1) is 13.7.